The number of carboxylic acids is 1. The van der Waals surface area contributed by atoms with Crippen LogP contribution in [0.25, 0.3) is 0 Å². The van der Waals surface area contributed by atoms with Crippen LogP contribution in [-0.4, -0.2) is 26.8 Å². The van der Waals surface area contributed by atoms with E-state index in [1.807, 2.05) is 0 Å². The summed E-state index contributed by atoms with van der Waals surface area (Å²) in [5.41, 5.74) is 1.01. The van der Waals surface area contributed by atoms with Crippen molar-refractivity contribution in [1.82, 2.24) is 9.97 Å². The van der Waals surface area contributed by atoms with E-state index in [9.17, 15) is 9.90 Å². The molecule has 0 aliphatic rings. The average Bonchev–Trinajstić information content (AvgIpc) is 2.13. The monoisotopic (exact) mass is 268 g/mol. The molecule has 0 amide bonds. The van der Waals surface area contributed by atoms with Crippen molar-refractivity contribution in [3.8, 4) is 0 Å². The Labute approximate surface area is 112 Å². The van der Waals surface area contributed by atoms with Crippen LogP contribution in [0.4, 0.5) is 0 Å². The first-order valence-corrected chi connectivity index (χ1v) is 6.90. The summed E-state index contributed by atoms with van der Waals surface area (Å²) in [4.78, 5) is 19.6. The molecule has 0 fully saturated rings. The number of aromatic nitrogens is 2. The molecule has 0 bridgehead atoms. The zero-order valence-corrected chi connectivity index (χ0v) is 12.4. The van der Waals surface area contributed by atoms with Crippen LogP contribution >= 0.6 is 11.8 Å². The van der Waals surface area contributed by atoms with E-state index in [0.717, 1.165) is 12.2 Å². The lowest BCUT2D eigenvalue weighted by atomic mass is 9.94. The number of rotatable bonds is 4. The second-order valence-corrected chi connectivity index (χ2v) is 6.58. The van der Waals surface area contributed by atoms with Gasteiger partial charge in [-0.15, -0.1) is 11.8 Å². The lowest BCUT2D eigenvalue weighted by Gasteiger charge is -2.17. The number of thioether (sulfide) groups is 1. The number of nitrogens with zero attached hydrogens (tertiary/aromatic N) is 2. The first-order chi connectivity index (χ1) is 8.20. The van der Waals surface area contributed by atoms with Crippen molar-refractivity contribution in [2.75, 3.05) is 5.75 Å². The Bertz CT molecular complexity index is 453. The standard InChI is InChI=1S/C13H20N2O2S/c1-8-10(12(16)17)11(15-9(2)14-8)18-7-6-13(3,4)5/h6-7H2,1-5H3,(H,16,17). The van der Waals surface area contributed by atoms with Crippen LogP contribution in [-0.2, 0) is 0 Å². The summed E-state index contributed by atoms with van der Waals surface area (Å²) >= 11 is 1.50. The molecule has 5 heteroatoms. The van der Waals surface area contributed by atoms with Gasteiger partial charge in [0.05, 0.1) is 5.69 Å². The molecule has 0 aliphatic heterocycles. The zero-order valence-electron chi connectivity index (χ0n) is 11.6. The lowest BCUT2D eigenvalue weighted by molar-refractivity contribution is 0.0690. The quantitative estimate of drug-likeness (QED) is 0.670. The van der Waals surface area contributed by atoms with Crippen LogP contribution in [0.1, 0.15) is 49.1 Å². The molecule has 0 saturated carbocycles. The van der Waals surface area contributed by atoms with E-state index < -0.39 is 5.97 Å². The van der Waals surface area contributed by atoms with Crippen molar-refractivity contribution in [1.29, 1.82) is 0 Å². The number of hydrogen-bond acceptors (Lipinski definition) is 4. The number of carbonyl (C=O) groups is 1. The van der Waals surface area contributed by atoms with Crippen molar-refractivity contribution in [2.45, 2.75) is 46.1 Å². The van der Waals surface area contributed by atoms with Gasteiger partial charge in [0.25, 0.3) is 0 Å². The summed E-state index contributed by atoms with van der Waals surface area (Å²) in [5.74, 6) is 0.529. The van der Waals surface area contributed by atoms with Gasteiger partial charge in [-0.1, -0.05) is 20.8 Å². The molecule has 0 radical (unpaired) electrons. The van der Waals surface area contributed by atoms with Gasteiger partial charge in [-0.3, -0.25) is 0 Å². The highest BCUT2D eigenvalue weighted by Crippen LogP contribution is 2.27. The molecule has 100 valence electrons. The first kappa shape index (κ1) is 15.0. The fourth-order valence-corrected chi connectivity index (χ4v) is 2.97. The SMILES string of the molecule is Cc1nc(C)c(C(=O)O)c(SCCC(C)(C)C)n1. The van der Waals surface area contributed by atoms with E-state index in [1.54, 1.807) is 13.8 Å². The average molecular weight is 268 g/mol. The van der Waals surface area contributed by atoms with Gasteiger partial charge in [0, 0.05) is 5.75 Å². The fourth-order valence-electron chi connectivity index (χ4n) is 1.49. The molecule has 1 N–H and O–H groups in total. The van der Waals surface area contributed by atoms with Gasteiger partial charge in [-0.2, -0.15) is 0 Å². The maximum absolute atomic E-state index is 11.2. The Morgan fingerprint density at radius 2 is 1.89 bits per heavy atom. The fraction of sp³-hybridized carbons (Fsp3) is 0.615. The third kappa shape index (κ3) is 4.29. The predicted octanol–water partition coefficient (Wildman–Crippen LogP) is 3.32. The molecule has 18 heavy (non-hydrogen) atoms. The van der Waals surface area contributed by atoms with Crippen molar-refractivity contribution in [3.63, 3.8) is 0 Å². The Balaban J connectivity index is 2.90. The number of hydrogen-bond donors (Lipinski definition) is 1. The Morgan fingerprint density at radius 3 is 2.39 bits per heavy atom. The lowest BCUT2D eigenvalue weighted by Crippen LogP contribution is -2.10. The summed E-state index contributed by atoms with van der Waals surface area (Å²) < 4.78 is 0. The first-order valence-electron chi connectivity index (χ1n) is 5.92. The number of carboxylic acid groups (broad SMARTS) is 1. The van der Waals surface area contributed by atoms with Gasteiger partial charge in [0.2, 0.25) is 0 Å². The van der Waals surface area contributed by atoms with Crippen LogP contribution in [0.2, 0.25) is 0 Å². The van der Waals surface area contributed by atoms with E-state index in [0.29, 0.717) is 16.5 Å². The highest BCUT2D eigenvalue weighted by atomic mass is 32.2. The molecule has 0 unspecified atom stereocenters. The summed E-state index contributed by atoms with van der Waals surface area (Å²) in [7, 11) is 0. The summed E-state index contributed by atoms with van der Waals surface area (Å²) in [6, 6.07) is 0. The van der Waals surface area contributed by atoms with Crippen LogP contribution in [0, 0.1) is 19.3 Å². The van der Waals surface area contributed by atoms with Gasteiger partial charge >= 0.3 is 5.97 Å². The highest BCUT2D eigenvalue weighted by Gasteiger charge is 2.18. The topological polar surface area (TPSA) is 63.1 Å². The van der Waals surface area contributed by atoms with Crippen LogP contribution in [0.15, 0.2) is 5.03 Å². The molecule has 4 nitrogen and oxygen atoms in total. The van der Waals surface area contributed by atoms with E-state index >= 15 is 0 Å². The van der Waals surface area contributed by atoms with E-state index in [2.05, 4.69) is 30.7 Å². The molecule has 1 aromatic rings. The maximum atomic E-state index is 11.2. The van der Waals surface area contributed by atoms with Crippen molar-refractivity contribution in [3.05, 3.63) is 17.1 Å². The minimum atomic E-state index is -0.953. The van der Waals surface area contributed by atoms with Gasteiger partial charge in [-0.25, -0.2) is 14.8 Å². The van der Waals surface area contributed by atoms with Gasteiger partial charge in [-0.05, 0) is 25.7 Å². The van der Waals surface area contributed by atoms with Crippen LogP contribution < -0.4 is 0 Å². The molecule has 0 aromatic carbocycles. The number of aromatic carboxylic acids is 1. The largest absolute Gasteiger partial charge is 0.478 e. The molecule has 1 aromatic heterocycles. The third-order valence-corrected chi connectivity index (χ3v) is 3.45. The van der Waals surface area contributed by atoms with E-state index in [1.165, 1.54) is 11.8 Å². The molecule has 1 heterocycles. The highest BCUT2D eigenvalue weighted by molar-refractivity contribution is 7.99. The Morgan fingerprint density at radius 1 is 1.28 bits per heavy atom. The van der Waals surface area contributed by atoms with Crippen molar-refractivity contribution >= 4 is 17.7 Å². The summed E-state index contributed by atoms with van der Waals surface area (Å²) in [6.45, 7) is 10.0. The normalized spacial score (nSPS) is 11.6. The van der Waals surface area contributed by atoms with Crippen LogP contribution in [0.3, 0.4) is 0 Å². The minimum absolute atomic E-state index is 0.236. The van der Waals surface area contributed by atoms with Gasteiger partial charge in [0.1, 0.15) is 16.4 Å². The third-order valence-electron chi connectivity index (χ3n) is 2.47. The molecule has 1 rings (SSSR count). The smallest absolute Gasteiger partial charge is 0.340 e. The van der Waals surface area contributed by atoms with E-state index in [4.69, 9.17) is 0 Å². The van der Waals surface area contributed by atoms with Gasteiger partial charge < -0.3 is 5.11 Å². The van der Waals surface area contributed by atoms with Crippen LogP contribution in [0.5, 0.6) is 0 Å². The zero-order chi connectivity index (χ0) is 13.9. The molecule has 0 aliphatic carbocycles. The van der Waals surface area contributed by atoms with Crippen molar-refractivity contribution < 1.29 is 9.90 Å². The minimum Gasteiger partial charge on any atom is -0.478 e. The predicted molar refractivity (Wildman–Crippen MR) is 73.3 cm³/mol. The summed E-state index contributed by atoms with van der Waals surface area (Å²) in [6.07, 6.45) is 1.01. The van der Waals surface area contributed by atoms with Gasteiger partial charge in [0.15, 0.2) is 0 Å². The Hall–Kier alpha value is -1.10. The Kier molecular flexibility index (Phi) is 4.73. The van der Waals surface area contributed by atoms with E-state index in [-0.39, 0.29) is 11.0 Å². The summed E-state index contributed by atoms with van der Waals surface area (Å²) in [5, 5.41) is 9.78. The molecule has 0 atom stereocenters. The molecular weight excluding hydrogens is 248 g/mol. The molecule has 0 saturated heterocycles. The number of aryl methyl sites for hydroxylation is 2. The second kappa shape index (κ2) is 5.69. The maximum Gasteiger partial charge on any atom is 0.340 e. The molecular formula is C13H20N2O2S. The second-order valence-electron chi connectivity index (χ2n) is 5.50. The van der Waals surface area contributed by atoms with Crippen molar-refractivity contribution in [2.24, 2.45) is 5.41 Å². The molecule has 0 spiro atoms.